The summed E-state index contributed by atoms with van der Waals surface area (Å²) >= 11 is 4.29. The van der Waals surface area contributed by atoms with Gasteiger partial charge in [-0.1, -0.05) is 36.4 Å². The molecule has 30 heteroatoms. The molecule has 0 radical (unpaired) electrons. The lowest BCUT2D eigenvalue weighted by Crippen LogP contribution is -2.60. The maximum Gasteiger partial charge on any atom is 0.325 e. The van der Waals surface area contributed by atoms with Crippen molar-refractivity contribution in [3.8, 4) is 0 Å². The number of guanidine groups is 2. The summed E-state index contributed by atoms with van der Waals surface area (Å²) in [4.78, 5) is 154. The summed E-state index contributed by atoms with van der Waals surface area (Å²) in [6.07, 6.45) is 1.33. The number of rotatable bonds is 38. The van der Waals surface area contributed by atoms with E-state index in [4.69, 9.17) is 34.4 Å². The molecular weight excluding hydrogens is 1100 g/mol. The molecule has 8 amide bonds. The fourth-order valence-corrected chi connectivity index (χ4v) is 8.67. The maximum atomic E-state index is 14.1. The van der Waals surface area contributed by atoms with E-state index in [9.17, 15) is 57.8 Å². The van der Waals surface area contributed by atoms with Crippen LogP contribution < -0.4 is 82.3 Å². The summed E-state index contributed by atoms with van der Waals surface area (Å²) in [7, 11) is 0. The van der Waals surface area contributed by atoms with Crippen LogP contribution in [0.4, 0.5) is 5.69 Å². The van der Waals surface area contributed by atoms with E-state index in [2.05, 4.69) is 70.5 Å². The molecular formula is C53H81N17O12S. The Morgan fingerprint density at radius 1 is 0.506 bits per heavy atom. The van der Waals surface area contributed by atoms with E-state index in [0.717, 1.165) is 0 Å². The molecule has 0 spiro atoms. The molecule has 2 aromatic rings. The fraction of sp³-hybridized carbons (Fsp3) is 0.528. The van der Waals surface area contributed by atoms with Crippen LogP contribution in [0.3, 0.4) is 0 Å². The summed E-state index contributed by atoms with van der Waals surface area (Å²) < 4.78 is 0. The fourth-order valence-electron chi connectivity index (χ4n) is 8.41. The van der Waals surface area contributed by atoms with Gasteiger partial charge < -0.3 is 87.4 Å². The number of aliphatic carboxylic acids is 1. The quantitative estimate of drug-likeness (QED) is 0.0115. The molecule has 0 aliphatic heterocycles. The van der Waals surface area contributed by atoms with Crippen molar-refractivity contribution in [2.24, 2.45) is 44.4 Å². The monoisotopic (exact) mass is 1180 g/mol. The highest BCUT2D eigenvalue weighted by atomic mass is 32.1. The predicted octanol–water partition coefficient (Wildman–Crippen LogP) is -3.42. The van der Waals surface area contributed by atoms with Gasteiger partial charge in [0.25, 0.3) is 0 Å². The zero-order valence-electron chi connectivity index (χ0n) is 46.8. The highest BCUT2D eigenvalue weighted by Crippen LogP contribution is 2.32. The number of carbonyl (C=O) groups excluding carboxylic acids is 10. The minimum absolute atomic E-state index is 0.0222. The highest BCUT2D eigenvalue weighted by molar-refractivity contribution is 7.80. The largest absolute Gasteiger partial charge is 0.480 e. The second-order valence-electron chi connectivity index (χ2n) is 19.5. The second-order valence-corrected chi connectivity index (χ2v) is 19.9. The highest BCUT2D eigenvalue weighted by Gasteiger charge is 2.34. The molecule has 0 saturated carbocycles. The lowest BCUT2D eigenvalue weighted by molar-refractivity contribution is -0.142. The zero-order valence-corrected chi connectivity index (χ0v) is 47.7. The smallest absolute Gasteiger partial charge is 0.325 e. The van der Waals surface area contributed by atoms with Crippen LogP contribution in [0.5, 0.6) is 0 Å². The van der Waals surface area contributed by atoms with Gasteiger partial charge in [-0.25, -0.2) is 0 Å². The van der Waals surface area contributed by atoms with Crippen molar-refractivity contribution in [2.75, 3.05) is 50.3 Å². The number of hydrogen-bond acceptors (Lipinski definition) is 17. The normalized spacial score (nSPS) is 13.9. The maximum absolute atomic E-state index is 14.1. The molecule has 22 N–H and O–H groups in total. The molecule has 0 saturated heterocycles. The SMILES string of the molecule is C[C@H](NC(=O)[C@H](CCCN=C(N)N)NC(=O)[C@H](CCCCN)NC(=O)[C@H](CCCN=C(N)N)NC(=O)[C@H](CS)NC(=O)[C@H](CCCCN)NC(=O)[C@H](C)NC(=O)CCC(=O)NCCNc1cccc2c1C(=O)c1ccccc1C2=O)C(=O)O. The van der Waals surface area contributed by atoms with E-state index < -0.39 is 95.5 Å². The van der Waals surface area contributed by atoms with Crippen LogP contribution in [0.1, 0.15) is 123 Å². The summed E-state index contributed by atoms with van der Waals surface area (Å²) in [6, 6.07) is 2.31. The number of ketones is 2. The first-order valence-electron chi connectivity index (χ1n) is 27.3. The standard InChI is InChI=1S/C53H81N17O12S/c1-29(64-41(72)21-20-40(71)61-27-26-60-34-17-9-14-33-42(34)44(74)32-13-4-3-12-31(32)43(33)73)45(75)66-35(15-5-7-22-54)49(79)70-39(28-83)50(80)69-38(19-11-25-63-53(58)59)48(78)67-36(16-6-8-23-55)47(77)68-37(18-10-24-62-52(56)57)46(76)65-30(2)51(81)82/h3-4,9,12-14,17,29-30,35-39,60,83H,5-8,10-11,15-16,18-28,54-55H2,1-2H3,(H,61,71)(H,64,72)(H,65,76)(H,66,75)(H,67,78)(H,68,77)(H,69,80)(H,70,79)(H,81,82)(H4,56,57,62)(H4,58,59,63)/t29-,30-,35-,36-,37-,38-,39-/m0/s1. The molecule has 0 bridgehead atoms. The number of fused-ring (bicyclic) bond motifs is 2. The van der Waals surface area contributed by atoms with Crippen molar-refractivity contribution in [3.63, 3.8) is 0 Å². The molecule has 456 valence electrons. The first-order valence-corrected chi connectivity index (χ1v) is 27.9. The average molecular weight is 1180 g/mol. The molecule has 0 fully saturated rings. The van der Waals surface area contributed by atoms with Gasteiger partial charge in [0.15, 0.2) is 23.5 Å². The number of nitrogens with one attached hydrogen (secondary N) is 9. The van der Waals surface area contributed by atoms with E-state index in [1.165, 1.54) is 13.8 Å². The van der Waals surface area contributed by atoms with Crippen LogP contribution in [0, 0.1) is 0 Å². The van der Waals surface area contributed by atoms with Gasteiger partial charge in [0.1, 0.15) is 42.3 Å². The summed E-state index contributed by atoms with van der Waals surface area (Å²) in [6.45, 7) is 3.51. The third kappa shape index (κ3) is 23.6. The second kappa shape index (κ2) is 36.2. The molecule has 0 aromatic heterocycles. The van der Waals surface area contributed by atoms with Gasteiger partial charge in [-0.15, -0.1) is 0 Å². The number of carboxylic acid groups (broad SMARTS) is 1. The number of unbranched alkanes of at least 4 members (excludes halogenated alkanes) is 2. The van der Waals surface area contributed by atoms with E-state index >= 15 is 0 Å². The Morgan fingerprint density at radius 3 is 1.42 bits per heavy atom. The first-order chi connectivity index (χ1) is 39.5. The van der Waals surface area contributed by atoms with Crippen molar-refractivity contribution < 1.29 is 57.8 Å². The Balaban J connectivity index is 1.65. The Bertz CT molecular complexity index is 2670. The molecule has 83 heavy (non-hydrogen) atoms. The van der Waals surface area contributed by atoms with Crippen LogP contribution in [-0.2, 0) is 43.2 Å². The molecule has 3 rings (SSSR count). The van der Waals surface area contributed by atoms with Gasteiger partial charge >= 0.3 is 5.97 Å². The third-order valence-electron chi connectivity index (χ3n) is 12.9. The Hall–Kier alpha value is -8.38. The number of hydrogen-bond donors (Lipinski definition) is 17. The molecule has 29 nitrogen and oxygen atoms in total. The van der Waals surface area contributed by atoms with Gasteiger partial charge in [-0.3, -0.25) is 62.7 Å². The number of carbonyl (C=O) groups is 11. The summed E-state index contributed by atoms with van der Waals surface area (Å²) in [5, 5.41) is 33.0. The lowest BCUT2D eigenvalue weighted by atomic mass is 9.83. The summed E-state index contributed by atoms with van der Waals surface area (Å²) in [5.41, 5.74) is 34.8. The average Bonchev–Trinajstić information content (AvgIpc) is 2.03. The predicted molar refractivity (Wildman–Crippen MR) is 312 cm³/mol. The minimum atomic E-state index is -1.40. The number of nitrogens with zero attached hydrogens (tertiary/aromatic N) is 2. The number of aliphatic imine (C=N–C) groups is 2. The van der Waals surface area contributed by atoms with Crippen molar-refractivity contribution in [1.82, 2.24) is 42.5 Å². The third-order valence-corrected chi connectivity index (χ3v) is 13.3. The van der Waals surface area contributed by atoms with Crippen molar-refractivity contribution in [3.05, 3.63) is 64.7 Å². The lowest BCUT2D eigenvalue weighted by Gasteiger charge is -2.27. The van der Waals surface area contributed by atoms with Crippen LogP contribution in [0.25, 0.3) is 0 Å². The molecule has 0 unspecified atom stereocenters. The van der Waals surface area contributed by atoms with Gasteiger partial charge in [0.05, 0.1) is 5.56 Å². The first kappa shape index (κ1) is 68.9. The molecule has 7 atom stereocenters. The van der Waals surface area contributed by atoms with Gasteiger partial charge in [-0.05, 0) is 97.2 Å². The number of nitrogens with two attached hydrogens (primary N) is 6. The van der Waals surface area contributed by atoms with Gasteiger partial charge in [0, 0.05) is 67.2 Å². The number of carboxylic acids is 1. The van der Waals surface area contributed by atoms with Crippen LogP contribution in [0.15, 0.2) is 52.4 Å². The van der Waals surface area contributed by atoms with Crippen LogP contribution in [0.2, 0.25) is 0 Å². The topological polar surface area (TPSA) is 497 Å². The number of benzene rings is 2. The Labute approximate surface area is 486 Å². The van der Waals surface area contributed by atoms with Crippen LogP contribution in [-0.4, -0.2) is 169 Å². The number of thiol groups is 1. The van der Waals surface area contributed by atoms with Gasteiger partial charge in [-0.2, -0.15) is 12.6 Å². The van der Waals surface area contributed by atoms with Crippen molar-refractivity contribution in [1.29, 1.82) is 0 Å². The Morgan fingerprint density at radius 2 is 0.940 bits per heavy atom. The zero-order chi connectivity index (χ0) is 61.6. The van der Waals surface area contributed by atoms with Crippen molar-refractivity contribution in [2.45, 2.75) is 133 Å². The molecule has 2 aromatic carbocycles. The van der Waals surface area contributed by atoms with Crippen LogP contribution >= 0.6 is 12.6 Å². The van der Waals surface area contributed by atoms with E-state index in [0.29, 0.717) is 42.5 Å². The summed E-state index contributed by atoms with van der Waals surface area (Å²) in [5.74, 6) is -8.72. The number of anilines is 1. The molecule has 1 aliphatic rings. The Kier molecular flexibility index (Phi) is 30.0. The van der Waals surface area contributed by atoms with E-state index in [1.807, 2.05) is 0 Å². The van der Waals surface area contributed by atoms with Gasteiger partial charge in [0.2, 0.25) is 47.3 Å². The molecule has 1 aliphatic carbocycles. The van der Waals surface area contributed by atoms with E-state index in [-0.39, 0.29) is 131 Å². The number of amides is 8. The van der Waals surface area contributed by atoms with Crippen molar-refractivity contribution >= 4 is 95.0 Å². The minimum Gasteiger partial charge on any atom is -0.480 e. The van der Waals surface area contributed by atoms with E-state index in [1.54, 1.807) is 42.5 Å². The molecule has 0 heterocycles.